The van der Waals surface area contributed by atoms with E-state index < -0.39 is 29.3 Å². The smallest absolute Gasteiger partial charge is 0.337 e. The van der Waals surface area contributed by atoms with E-state index in [0.717, 1.165) is 32.1 Å². The molecule has 0 radical (unpaired) electrons. The highest BCUT2D eigenvalue weighted by molar-refractivity contribution is 7.80. The predicted octanol–water partition coefficient (Wildman–Crippen LogP) is 1.65. The molecule has 0 spiro atoms. The predicted molar refractivity (Wildman–Crippen MR) is 104 cm³/mol. The van der Waals surface area contributed by atoms with Gasteiger partial charge in [-0.15, -0.1) is 0 Å². The molecule has 2 aliphatic rings. The number of carbonyl (C=O) groups is 4. The molecule has 1 aliphatic carbocycles. The highest BCUT2D eigenvalue weighted by atomic mass is 32.1. The number of carboxylic acids is 1. The first-order valence-corrected chi connectivity index (χ1v) is 10.4. The number of hydrogen-bond acceptors (Lipinski definition) is 5. The summed E-state index contributed by atoms with van der Waals surface area (Å²) in [6.07, 6.45) is 5.18. The summed E-state index contributed by atoms with van der Waals surface area (Å²) in [7, 11) is 0. The van der Waals surface area contributed by atoms with Crippen LogP contribution >= 0.6 is 12.6 Å². The zero-order valence-electron chi connectivity index (χ0n) is 16.1. The van der Waals surface area contributed by atoms with E-state index in [4.69, 9.17) is 0 Å². The molecule has 3 atom stereocenters. The fourth-order valence-electron chi connectivity index (χ4n) is 4.16. The molecule has 2 amide bonds. The monoisotopic (exact) mass is 398 g/mol. The normalized spacial score (nSPS) is 25.7. The molecule has 1 heterocycles. The van der Waals surface area contributed by atoms with Gasteiger partial charge >= 0.3 is 5.97 Å². The minimum Gasteiger partial charge on any atom is -0.479 e. The molecule has 1 saturated carbocycles. The second-order valence-corrected chi connectivity index (χ2v) is 8.14. The lowest BCUT2D eigenvalue weighted by atomic mass is 9.85. The zero-order valence-corrected chi connectivity index (χ0v) is 17.0. The van der Waals surface area contributed by atoms with Crippen LogP contribution < -0.4 is 5.32 Å². The number of carbonyl (C=O) groups excluding carboxylic acids is 3. The minimum atomic E-state index is -1.91. The number of Topliss-reactive ketones (excluding diaryl/α,β-unsaturated/α-hetero) is 1. The van der Waals surface area contributed by atoms with Gasteiger partial charge in [0.05, 0.1) is 6.04 Å². The molecule has 2 rings (SSSR count). The molecule has 7 nitrogen and oxygen atoms in total. The Morgan fingerprint density at radius 3 is 2.33 bits per heavy atom. The maximum atomic E-state index is 13.1. The Bertz CT molecular complexity index is 605. The van der Waals surface area contributed by atoms with E-state index in [1.165, 1.54) is 11.8 Å². The van der Waals surface area contributed by atoms with Crippen LogP contribution in [0.25, 0.3) is 0 Å². The van der Waals surface area contributed by atoms with Gasteiger partial charge in [0.15, 0.2) is 5.78 Å². The van der Waals surface area contributed by atoms with E-state index >= 15 is 0 Å². The van der Waals surface area contributed by atoms with Gasteiger partial charge in [-0.3, -0.25) is 14.4 Å². The average Bonchev–Trinajstić information content (AvgIpc) is 3.12. The van der Waals surface area contributed by atoms with Crippen molar-refractivity contribution in [2.24, 2.45) is 11.8 Å². The Labute approximate surface area is 165 Å². The number of ketones is 1. The van der Waals surface area contributed by atoms with Gasteiger partial charge in [-0.05, 0) is 32.6 Å². The Kier molecular flexibility index (Phi) is 7.31. The van der Waals surface area contributed by atoms with Gasteiger partial charge < -0.3 is 15.3 Å². The van der Waals surface area contributed by atoms with Gasteiger partial charge in [0.25, 0.3) is 0 Å². The lowest BCUT2D eigenvalue weighted by Gasteiger charge is -2.36. The Balaban J connectivity index is 2.18. The molecule has 1 saturated heterocycles. The lowest BCUT2D eigenvalue weighted by Crippen LogP contribution is -2.64. The summed E-state index contributed by atoms with van der Waals surface area (Å²) in [4.78, 5) is 51.6. The van der Waals surface area contributed by atoms with E-state index in [-0.39, 0.29) is 36.5 Å². The number of rotatable bonds is 7. The number of amides is 2. The number of nitrogens with one attached hydrogen (secondary N) is 1. The Morgan fingerprint density at radius 2 is 1.78 bits per heavy atom. The number of hydrogen-bond donors (Lipinski definition) is 3. The SMILES string of the molecule is C[C@H](CS)C(=O)N1CCC[C@@]1(C(=O)O)C(=O)[C@@H](C)NC(=O)C1CCCCC1. The summed E-state index contributed by atoms with van der Waals surface area (Å²) in [5.41, 5.74) is -1.91. The van der Waals surface area contributed by atoms with Crippen molar-refractivity contribution >= 4 is 36.2 Å². The number of aliphatic carboxylic acids is 1. The Hall–Kier alpha value is -1.57. The standard InChI is InChI=1S/C19H30N2O5S/c1-12(11-27)17(24)21-10-6-9-19(21,18(25)26)15(22)13(2)20-16(23)14-7-4-3-5-8-14/h12-14,27H,3-11H2,1-2H3,(H,20,23)(H,25,26)/t12-,13-,19+/m1/s1. The molecular weight excluding hydrogens is 368 g/mol. The largest absolute Gasteiger partial charge is 0.479 e. The second-order valence-electron chi connectivity index (χ2n) is 7.77. The summed E-state index contributed by atoms with van der Waals surface area (Å²) in [5.74, 6) is -2.88. The van der Waals surface area contributed by atoms with Crippen molar-refractivity contribution < 1.29 is 24.3 Å². The Morgan fingerprint density at radius 1 is 1.15 bits per heavy atom. The number of thiol groups is 1. The molecule has 0 aromatic carbocycles. The highest BCUT2D eigenvalue weighted by Crippen LogP contribution is 2.33. The van der Waals surface area contributed by atoms with Crippen LogP contribution in [-0.2, 0) is 19.2 Å². The van der Waals surface area contributed by atoms with Crippen LogP contribution in [0.3, 0.4) is 0 Å². The fraction of sp³-hybridized carbons (Fsp3) is 0.789. The third kappa shape index (κ3) is 4.31. The highest BCUT2D eigenvalue weighted by Gasteiger charge is 2.57. The maximum absolute atomic E-state index is 13.1. The average molecular weight is 399 g/mol. The van der Waals surface area contributed by atoms with Crippen LogP contribution in [0.5, 0.6) is 0 Å². The summed E-state index contributed by atoms with van der Waals surface area (Å²) < 4.78 is 0. The second kappa shape index (κ2) is 9.08. The summed E-state index contributed by atoms with van der Waals surface area (Å²) in [6.45, 7) is 3.40. The first-order valence-electron chi connectivity index (χ1n) is 9.76. The molecule has 0 aromatic rings. The molecule has 1 aliphatic heterocycles. The quantitative estimate of drug-likeness (QED) is 0.447. The van der Waals surface area contributed by atoms with E-state index in [1.54, 1.807) is 6.92 Å². The number of carboxylic acid groups (broad SMARTS) is 1. The third-order valence-electron chi connectivity index (χ3n) is 5.83. The fourth-order valence-corrected chi connectivity index (χ4v) is 4.32. The molecule has 0 unspecified atom stereocenters. The van der Waals surface area contributed by atoms with Gasteiger partial charge in [-0.25, -0.2) is 4.79 Å². The van der Waals surface area contributed by atoms with Gasteiger partial charge in [-0.2, -0.15) is 12.6 Å². The first kappa shape index (κ1) is 21.7. The topological polar surface area (TPSA) is 104 Å². The molecule has 152 valence electrons. The summed E-state index contributed by atoms with van der Waals surface area (Å²) >= 11 is 4.12. The van der Waals surface area contributed by atoms with Crippen molar-refractivity contribution in [1.29, 1.82) is 0 Å². The van der Waals surface area contributed by atoms with Crippen LogP contribution in [0.2, 0.25) is 0 Å². The molecule has 0 aromatic heterocycles. The van der Waals surface area contributed by atoms with Gasteiger partial charge in [0, 0.05) is 24.1 Å². The van der Waals surface area contributed by atoms with Crippen LogP contribution in [0.4, 0.5) is 0 Å². The van der Waals surface area contributed by atoms with Crippen molar-refractivity contribution in [2.75, 3.05) is 12.3 Å². The molecule has 27 heavy (non-hydrogen) atoms. The van der Waals surface area contributed by atoms with Crippen molar-refractivity contribution in [2.45, 2.75) is 70.4 Å². The molecule has 0 bridgehead atoms. The van der Waals surface area contributed by atoms with E-state index in [9.17, 15) is 24.3 Å². The lowest BCUT2D eigenvalue weighted by molar-refractivity contribution is -0.163. The summed E-state index contributed by atoms with van der Waals surface area (Å²) in [6, 6.07) is -0.963. The van der Waals surface area contributed by atoms with Gasteiger partial charge in [-0.1, -0.05) is 26.2 Å². The molecule has 2 N–H and O–H groups in total. The van der Waals surface area contributed by atoms with E-state index in [1.807, 2.05) is 0 Å². The van der Waals surface area contributed by atoms with Crippen molar-refractivity contribution in [3.63, 3.8) is 0 Å². The van der Waals surface area contributed by atoms with Crippen LogP contribution in [0, 0.1) is 11.8 Å². The molecule has 2 fully saturated rings. The summed E-state index contributed by atoms with van der Waals surface area (Å²) in [5, 5.41) is 12.6. The first-order chi connectivity index (χ1) is 12.8. The number of likely N-dealkylation sites (tertiary alicyclic amines) is 1. The maximum Gasteiger partial charge on any atom is 0.337 e. The van der Waals surface area contributed by atoms with E-state index in [0.29, 0.717) is 6.42 Å². The minimum absolute atomic E-state index is 0.0653. The molecular formula is C19H30N2O5S. The van der Waals surface area contributed by atoms with Crippen molar-refractivity contribution in [3.8, 4) is 0 Å². The number of nitrogens with zero attached hydrogens (tertiary/aromatic N) is 1. The van der Waals surface area contributed by atoms with Crippen LogP contribution in [0.15, 0.2) is 0 Å². The van der Waals surface area contributed by atoms with Crippen LogP contribution in [-0.4, -0.2) is 57.5 Å². The van der Waals surface area contributed by atoms with Gasteiger partial charge in [0.1, 0.15) is 0 Å². The molecule has 8 heteroatoms. The zero-order chi connectivity index (χ0) is 20.2. The van der Waals surface area contributed by atoms with Crippen LogP contribution in [0.1, 0.15) is 58.8 Å². The third-order valence-corrected chi connectivity index (χ3v) is 6.38. The van der Waals surface area contributed by atoms with Crippen molar-refractivity contribution in [3.05, 3.63) is 0 Å². The van der Waals surface area contributed by atoms with E-state index in [2.05, 4.69) is 17.9 Å². The van der Waals surface area contributed by atoms with Crippen molar-refractivity contribution in [1.82, 2.24) is 10.2 Å². The van der Waals surface area contributed by atoms with Gasteiger partial charge in [0.2, 0.25) is 17.4 Å².